The number of hydrogen-bond donors (Lipinski definition) is 0. The topological polar surface area (TPSA) is 50.5 Å². The average molecular weight is 348 g/mol. The number of carbonyl (C=O) groups is 2. The van der Waals surface area contributed by atoms with Crippen LogP contribution in [-0.4, -0.2) is 23.8 Å². The van der Waals surface area contributed by atoms with Gasteiger partial charge in [0, 0.05) is 12.6 Å². The number of fused-ring (bicyclic) bond motifs is 1. The Kier molecular flexibility index (Phi) is 3.45. The molecule has 1 aromatic heterocycles. The van der Waals surface area contributed by atoms with Crippen LogP contribution in [0.15, 0.2) is 34.7 Å². The van der Waals surface area contributed by atoms with Crippen LogP contribution in [0.5, 0.6) is 0 Å². The number of carbonyl (C=O) groups excluding carboxylic acids is 2. The molecule has 3 rings (SSSR count). The van der Waals surface area contributed by atoms with Gasteiger partial charge in [-0.3, -0.25) is 14.5 Å². The Morgan fingerprint density at radius 1 is 1.24 bits per heavy atom. The predicted octanol–water partition coefficient (Wildman–Crippen LogP) is 3.23. The van der Waals surface area contributed by atoms with Gasteiger partial charge in [0.1, 0.15) is 11.5 Å². The maximum atomic E-state index is 12.2. The molecule has 1 aromatic carbocycles. The zero-order chi connectivity index (χ0) is 15.1. The number of nitrogens with zero attached hydrogens (tertiary/aromatic N) is 1. The first kappa shape index (κ1) is 14.1. The SMILES string of the molecule is Cc1ccc(C(Br)c2ccc3c(c2)C(=O)N(C)C(=O)C3)o1. The van der Waals surface area contributed by atoms with Crippen LogP contribution >= 0.6 is 15.9 Å². The van der Waals surface area contributed by atoms with Gasteiger partial charge in [0.05, 0.1) is 11.2 Å². The van der Waals surface area contributed by atoms with Crippen molar-refractivity contribution in [1.29, 1.82) is 0 Å². The number of furan rings is 1. The lowest BCUT2D eigenvalue weighted by Crippen LogP contribution is -2.39. The van der Waals surface area contributed by atoms with E-state index in [1.807, 2.05) is 37.3 Å². The average Bonchev–Trinajstić information content (AvgIpc) is 2.90. The molecule has 0 spiro atoms. The maximum absolute atomic E-state index is 12.2. The first-order chi connectivity index (χ1) is 9.97. The standard InChI is InChI=1S/C16H14BrNO3/c1-9-3-6-13(21-9)15(17)11-5-4-10-8-14(19)18(2)16(20)12(10)7-11/h3-7,15H,8H2,1-2H3. The van der Waals surface area contributed by atoms with Gasteiger partial charge in [-0.1, -0.05) is 28.1 Å². The number of benzene rings is 1. The fourth-order valence-electron chi connectivity index (χ4n) is 2.43. The molecule has 1 aliphatic heterocycles. The van der Waals surface area contributed by atoms with Gasteiger partial charge in [0.2, 0.25) is 5.91 Å². The summed E-state index contributed by atoms with van der Waals surface area (Å²) >= 11 is 3.60. The second-order valence-corrected chi connectivity index (χ2v) is 6.08. The lowest BCUT2D eigenvalue weighted by molar-refractivity contribution is -0.127. The van der Waals surface area contributed by atoms with Gasteiger partial charge in [-0.2, -0.15) is 0 Å². The van der Waals surface area contributed by atoms with Crippen LogP contribution in [-0.2, 0) is 11.2 Å². The number of likely N-dealkylation sites (N-methyl/N-ethyl adjacent to an activating group) is 1. The maximum Gasteiger partial charge on any atom is 0.260 e. The molecule has 0 radical (unpaired) electrons. The van der Waals surface area contributed by atoms with E-state index < -0.39 is 0 Å². The molecule has 108 valence electrons. The van der Waals surface area contributed by atoms with Crippen LogP contribution in [0, 0.1) is 6.92 Å². The quantitative estimate of drug-likeness (QED) is 0.619. The van der Waals surface area contributed by atoms with Crippen molar-refractivity contribution in [2.45, 2.75) is 18.2 Å². The number of aryl methyl sites for hydroxylation is 1. The zero-order valence-electron chi connectivity index (χ0n) is 11.7. The number of hydrogen-bond acceptors (Lipinski definition) is 3. The van der Waals surface area contributed by atoms with Crippen LogP contribution in [0.2, 0.25) is 0 Å². The van der Waals surface area contributed by atoms with E-state index in [0.29, 0.717) is 5.56 Å². The normalized spacial score (nSPS) is 16.0. The third-order valence-electron chi connectivity index (χ3n) is 3.69. The van der Waals surface area contributed by atoms with Crippen molar-refractivity contribution in [2.75, 3.05) is 7.05 Å². The van der Waals surface area contributed by atoms with Crippen molar-refractivity contribution in [3.8, 4) is 0 Å². The monoisotopic (exact) mass is 347 g/mol. The number of imide groups is 1. The van der Waals surface area contributed by atoms with E-state index in [2.05, 4.69) is 15.9 Å². The second kappa shape index (κ2) is 5.15. The summed E-state index contributed by atoms with van der Waals surface area (Å²) in [5.41, 5.74) is 2.30. The van der Waals surface area contributed by atoms with Crippen molar-refractivity contribution in [3.63, 3.8) is 0 Å². The fraction of sp³-hybridized carbons (Fsp3) is 0.250. The van der Waals surface area contributed by atoms with E-state index in [1.165, 1.54) is 11.9 Å². The van der Waals surface area contributed by atoms with Gasteiger partial charge in [-0.25, -0.2) is 0 Å². The number of rotatable bonds is 2. The Morgan fingerprint density at radius 3 is 2.67 bits per heavy atom. The Bertz CT molecular complexity index is 735. The minimum Gasteiger partial charge on any atom is -0.465 e. The van der Waals surface area contributed by atoms with E-state index in [9.17, 15) is 9.59 Å². The summed E-state index contributed by atoms with van der Waals surface area (Å²) in [6.07, 6.45) is 0.269. The van der Waals surface area contributed by atoms with Crippen molar-refractivity contribution in [1.82, 2.24) is 4.90 Å². The molecule has 2 amide bonds. The third kappa shape index (κ3) is 2.42. The molecule has 1 unspecified atom stereocenters. The predicted molar refractivity (Wildman–Crippen MR) is 81.5 cm³/mol. The first-order valence-corrected chi connectivity index (χ1v) is 7.53. The molecule has 2 aromatic rings. The highest BCUT2D eigenvalue weighted by Crippen LogP contribution is 2.33. The van der Waals surface area contributed by atoms with Crippen LogP contribution in [0.25, 0.3) is 0 Å². The number of halogens is 1. The van der Waals surface area contributed by atoms with Crippen LogP contribution in [0.4, 0.5) is 0 Å². The highest BCUT2D eigenvalue weighted by Gasteiger charge is 2.29. The van der Waals surface area contributed by atoms with E-state index >= 15 is 0 Å². The molecule has 0 N–H and O–H groups in total. The summed E-state index contributed by atoms with van der Waals surface area (Å²) in [6, 6.07) is 9.41. The van der Waals surface area contributed by atoms with E-state index in [-0.39, 0.29) is 23.1 Å². The summed E-state index contributed by atoms with van der Waals surface area (Å²) in [6.45, 7) is 1.89. The minimum atomic E-state index is -0.251. The third-order valence-corrected chi connectivity index (χ3v) is 4.67. The van der Waals surface area contributed by atoms with Gasteiger partial charge in [-0.05, 0) is 36.2 Å². The second-order valence-electron chi connectivity index (χ2n) is 5.16. The summed E-state index contributed by atoms with van der Waals surface area (Å²) in [5, 5.41) is 0. The molecule has 1 aliphatic rings. The molecule has 0 saturated heterocycles. The van der Waals surface area contributed by atoms with Crippen LogP contribution in [0.3, 0.4) is 0 Å². The Hall–Kier alpha value is -1.88. The van der Waals surface area contributed by atoms with E-state index in [1.54, 1.807) is 0 Å². The highest BCUT2D eigenvalue weighted by atomic mass is 79.9. The molecule has 1 atom stereocenters. The van der Waals surface area contributed by atoms with Crippen LogP contribution < -0.4 is 0 Å². The fourth-order valence-corrected chi connectivity index (χ4v) is 2.97. The molecule has 0 saturated carbocycles. The number of amides is 2. The Labute approximate surface area is 130 Å². The smallest absolute Gasteiger partial charge is 0.260 e. The van der Waals surface area contributed by atoms with Gasteiger partial charge >= 0.3 is 0 Å². The highest BCUT2D eigenvalue weighted by molar-refractivity contribution is 9.09. The lowest BCUT2D eigenvalue weighted by Gasteiger charge is -2.24. The lowest BCUT2D eigenvalue weighted by atomic mass is 9.95. The van der Waals surface area contributed by atoms with Crippen molar-refractivity contribution >= 4 is 27.7 Å². The summed E-state index contributed by atoms with van der Waals surface area (Å²) in [5.74, 6) is 1.21. The van der Waals surface area contributed by atoms with Crippen molar-refractivity contribution in [3.05, 3.63) is 58.5 Å². The van der Waals surface area contributed by atoms with Gasteiger partial charge in [-0.15, -0.1) is 0 Å². The Morgan fingerprint density at radius 2 is 2.00 bits per heavy atom. The van der Waals surface area contributed by atoms with Crippen molar-refractivity contribution in [2.24, 2.45) is 0 Å². The molecule has 0 fully saturated rings. The molecule has 4 nitrogen and oxygen atoms in total. The molecule has 2 heterocycles. The molecule has 21 heavy (non-hydrogen) atoms. The zero-order valence-corrected chi connectivity index (χ0v) is 13.3. The van der Waals surface area contributed by atoms with Crippen LogP contribution in [0.1, 0.15) is 37.8 Å². The largest absolute Gasteiger partial charge is 0.465 e. The first-order valence-electron chi connectivity index (χ1n) is 6.61. The summed E-state index contributed by atoms with van der Waals surface area (Å²) in [4.78, 5) is 25.0. The molecular formula is C16H14BrNO3. The number of alkyl halides is 1. The van der Waals surface area contributed by atoms with Crippen molar-refractivity contribution < 1.29 is 14.0 Å². The Balaban J connectivity index is 2.00. The van der Waals surface area contributed by atoms with E-state index in [0.717, 1.165) is 22.6 Å². The molecule has 0 bridgehead atoms. The summed E-state index contributed by atoms with van der Waals surface area (Å²) < 4.78 is 5.61. The molecule has 5 heteroatoms. The summed E-state index contributed by atoms with van der Waals surface area (Å²) in [7, 11) is 1.52. The van der Waals surface area contributed by atoms with Gasteiger partial charge in [0.25, 0.3) is 5.91 Å². The van der Waals surface area contributed by atoms with Gasteiger partial charge < -0.3 is 4.42 Å². The van der Waals surface area contributed by atoms with Gasteiger partial charge in [0.15, 0.2) is 0 Å². The van der Waals surface area contributed by atoms with E-state index in [4.69, 9.17) is 4.42 Å². The molecule has 0 aliphatic carbocycles. The minimum absolute atomic E-state index is 0.118. The molecular weight excluding hydrogens is 334 g/mol.